The molecule has 2 N–H and O–H groups in total. The van der Waals surface area contributed by atoms with Crippen molar-refractivity contribution < 1.29 is 13.9 Å². The summed E-state index contributed by atoms with van der Waals surface area (Å²) in [5, 5.41) is 6.56. The van der Waals surface area contributed by atoms with E-state index < -0.39 is 0 Å². The maximum atomic E-state index is 13.1. The minimum atomic E-state index is -0.351. The number of ether oxygens (including phenoxy) is 1. The molecular formula is C21H23FN2O2. The summed E-state index contributed by atoms with van der Waals surface area (Å²) in [6.07, 6.45) is 1.84. The Hall–Kier alpha value is -2.24. The minimum Gasteiger partial charge on any atom is -0.378 e. The molecule has 5 heteroatoms. The molecule has 1 aliphatic heterocycles. The molecule has 1 amide bonds. The van der Waals surface area contributed by atoms with Crippen LogP contribution in [-0.4, -0.2) is 32.2 Å². The second-order valence-corrected chi connectivity index (χ2v) is 7.11. The van der Waals surface area contributed by atoms with Crippen molar-refractivity contribution in [3.8, 4) is 0 Å². The van der Waals surface area contributed by atoms with E-state index in [0.717, 1.165) is 31.5 Å². The fourth-order valence-electron chi connectivity index (χ4n) is 4.62. The molecule has 2 aliphatic rings. The third-order valence-corrected chi connectivity index (χ3v) is 5.82. The first-order valence-electron chi connectivity index (χ1n) is 9.05. The van der Waals surface area contributed by atoms with Crippen molar-refractivity contribution in [2.45, 2.75) is 30.4 Å². The average Bonchev–Trinajstić information content (AvgIpc) is 2.92. The van der Waals surface area contributed by atoms with Gasteiger partial charge >= 0.3 is 0 Å². The van der Waals surface area contributed by atoms with Gasteiger partial charge in [-0.2, -0.15) is 0 Å². The van der Waals surface area contributed by atoms with Crippen LogP contribution in [0.3, 0.4) is 0 Å². The third kappa shape index (κ3) is 2.72. The van der Waals surface area contributed by atoms with E-state index in [1.54, 1.807) is 7.11 Å². The molecule has 4 nitrogen and oxygen atoms in total. The summed E-state index contributed by atoms with van der Waals surface area (Å²) in [4.78, 5) is 12.8. The zero-order valence-electron chi connectivity index (χ0n) is 14.8. The van der Waals surface area contributed by atoms with Gasteiger partial charge in [-0.15, -0.1) is 0 Å². The van der Waals surface area contributed by atoms with Crippen molar-refractivity contribution in [2.24, 2.45) is 0 Å². The molecule has 1 heterocycles. The number of halogens is 1. The maximum Gasteiger partial charge on any atom is 0.251 e. The third-order valence-electron chi connectivity index (χ3n) is 5.82. The SMILES string of the molecule is CO[C@H]1[C@H](NC(=O)c2ccc(F)cc2)c2ccccc2C12CCNCC2. The van der Waals surface area contributed by atoms with Gasteiger partial charge in [0.15, 0.2) is 0 Å². The van der Waals surface area contributed by atoms with E-state index in [0.29, 0.717) is 5.56 Å². The van der Waals surface area contributed by atoms with Gasteiger partial charge in [0.05, 0.1) is 12.1 Å². The number of benzene rings is 2. The molecule has 0 aromatic heterocycles. The molecule has 0 radical (unpaired) electrons. The highest BCUT2D eigenvalue weighted by atomic mass is 19.1. The average molecular weight is 354 g/mol. The van der Waals surface area contributed by atoms with Crippen molar-refractivity contribution in [3.63, 3.8) is 0 Å². The fourth-order valence-corrected chi connectivity index (χ4v) is 4.62. The van der Waals surface area contributed by atoms with Crippen LogP contribution in [0.4, 0.5) is 4.39 Å². The molecule has 2 atom stereocenters. The molecule has 0 bridgehead atoms. The lowest BCUT2D eigenvalue weighted by molar-refractivity contribution is 0.00397. The predicted molar refractivity (Wildman–Crippen MR) is 97.6 cm³/mol. The Morgan fingerprint density at radius 1 is 1.15 bits per heavy atom. The zero-order valence-corrected chi connectivity index (χ0v) is 14.8. The second kappa shape index (κ2) is 6.82. The molecule has 1 fully saturated rings. The molecule has 1 spiro atoms. The van der Waals surface area contributed by atoms with Gasteiger partial charge in [0.25, 0.3) is 5.91 Å². The summed E-state index contributed by atoms with van der Waals surface area (Å²) in [6.45, 7) is 1.87. The maximum absolute atomic E-state index is 13.1. The first kappa shape index (κ1) is 17.2. The van der Waals surface area contributed by atoms with Crippen LogP contribution in [0.1, 0.15) is 40.4 Å². The zero-order chi connectivity index (χ0) is 18.1. The van der Waals surface area contributed by atoms with Crippen molar-refractivity contribution in [3.05, 3.63) is 71.0 Å². The summed E-state index contributed by atoms with van der Waals surface area (Å²) >= 11 is 0. The summed E-state index contributed by atoms with van der Waals surface area (Å²) in [6, 6.07) is 13.7. The topological polar surface area (TPSA) is 50.4 Å². The van der Waals surface area contributed by atoms with Gasteiger partial charge in [-0.1, -0.05) is 24.3 Å². The van der Waals surface area contributed by atoms with Gasteiger partial charge in [-0.25, -0.2) is 4.39 Å². The minimum absolute atomic E-state index is 0.0860. The lowest BCUT2D eigenvalue weighted by Crippen LogP contribution is -2.49. The predicted octanol–water partition coefficient (Wildman–Crippen LogP) is 2.95. The summed E-state index contributed by atoms with van der Waals surface area (Å²) in [5.74, 6) is -0.561. The van der Waals surface area contributed by atoms with Crippen LogP contribution in [0.15, 0.2) is 48.5 Å². The Kier molecular flexibility index (Phi) is 4.51. The van der Waals surface area contributed by atoms with Gasteiger partial charge in [-0.3, -0.25) is 4.79 Å². The van der Waals surface area contributed by atoms with E-state index >= 15 is 0 Å². The summed E-state index contributed by atoms with van der Waals surface area (Å²) < 4.78 is 19.1. The number of carbonyl (C=O) groups excluding carboxylic acids is 1. The van der Waals surface area contributed by atoms with Gasteiger partial charge in [-0.05, 0) is 61.3 Å². The van der Waals surface area contributed by atoms with E-state index in [1.165, 1.54) is 29.8 Å². The van der Waals surface area contributed by atoms with E-state index in [9.17, 15) is 9.18 Å². The van der Waals surface area contributed by atoms with Gasteiger partial charge in [0.2, 0.25) is 0 Å². The highest BCUT2D eigenvalue weighted by molar-refractivity contribution is 5.94. The molecular weight excluding hydrogens is 331 g/mol. The molecule has 4 rings (SSSR count). The Balaban J connectivity index is 1.69. The monoisotopic (exact) mass is 354 g/mol. The number of amides is 1. The number of piperidine rings is 1. The Morgan fingerprint density at radius 2 is 1.85 bits per heavy atom. The van der Waals surface area contributed by atoms with Crippen molar-refractivity contribution in [2.75, 3.05) is 20.2 Å². The summed E-state index contributed by atoms with van der Waals surface area (Å²) in [5.41, 5.74) is 2.76. The van der Waals surface area contributed by atoms with Crippen molar-refractivity contribution in [1.82, 2.24) is 10.6 Å². The molecule has 2 aromatic rings. The lowest BCUT2D eigenvalue weighted by atomic mass is 9.72. The first-order chi connectivity index (χ1) is 12.7. The molecule has 0 unspecified atom stereocenters. The van der Waals surface area contributed by atoms with Gasteiger partial charge < -0.3 is 15.4 Å². The van der Waals surface area contributed by atoms with Crippen LogP contribution in [-0.2, 0) is 10.2 Å². The Morgan fingerprint density at radius 3 is 2.54 bits per heavy atom. The molecule has 1 aliphatic carbocycles. The molecule has 0 saturated carbocycles. The van der Waals surface area contributed by atoms with E-state index in [4.69, 9.17) is 4.74 Å². The van der Waals surface area contributed by atoms with E-state index in [-0.39, 0.29) is 29.3 Å². The Bertz CT molecular complexity index is 800. The van der Waals surface area contributed by atoms with Gasteiger partial charge in [0, 0.05) is 18.1 Å². The van der Waals surface area contributed by atoms with Gasteiger partial charge in [0.1, 0.15) is 5.82 Å². The highest BCUT2D eigenvalue weighted by Gasteiger charge is 2.53. The molecule has 26 heavy (non-hydrogen) atoms. The van der Waals surface area contributed by atoms with E-state index in [2.05, 4.69) is 28.8 Å². The lowest BCUT2D eigenvalue weighted by Gasteiger charge is -2.40. The van der Waals surface area contributed by atoms with Crippen LogP contribution in [0, 0.1) is 5.82 Å². The number of rotatable bonds is 3. The first-order valence-corrected chi connectivity index (χ1v) is 9.05. The largest absolute Gasteiger partial charge is 0.378 e. The van der Waals surface area contributed by atoms with Crippen molar-refractivity contribution >= 4 is 5.91 Å². The van der Waals surface area contributed by atoms with Crippen LogP contribution in [0.5, 0.6) is 0 Å². The van der Waals surface area contributed by atoms with Crippen LogP contribution in [0.25, 0.3) is 0 Å². The van der Waals surface area contributed by atoms with Crippen LogP contribution in [0.2, 0.25) is 0 Å². The number of hydrogen-bond donors (Lipinski definition) is 2. The molecule has 136 valence electrons. The second-order valence-electron chi connectivity index (χ2n) is 7.11. The highest BCUT2D eigenvalue weighted by Crippen LogP contribution is 2.51. The number of fused-ring (bicyclic) bond motifs is 2. The quantitative estimate of drug-likeness (QED) is 0.891. The van der Waals surface area contributed by atoms with Crippen LogP contribution >= 0.6 is 0 Å². The molecule has 1 saturated heterocycles. The Labute approximate surface area is 152 Å². The standard InChI is InChI=1S/C21H23FN2O2/c1-26-19-18(24-20(25)14-6-8-15(22)9-7-14)16-4-2-3-5-17(16)21(19)10-12-23-13-11-21/h2-9,18-19,23H,10-13H2,1H3,(H,24,25)/t18-,19+/m1/s1. The molecule has 2 aromatic carbocycles. The summed E-state index contributed by atoms with van der Waals surface area (Å²) in [7, 11) is 1.72. The van der Waals surface area contributed by atoms with Crippen LogP contribution < -0.4 is 10.6 Å². The number of hydrogen-bond acceptors (Lipinski definition) is 3. The normalized spacial score (nSPS) is 23.6. The fraction of sp³-hybridized carbons (Fsp3) is 0.381. The van der Waals surface area contributed by atoms with E-state index in [1.807, 2.05) is 6.07 Å². The smallest absolute Gasteiger partial charge is 0.251 e. The van der Waals surface area contributed by atoms with Crippen molar-refractivity contribution in [1.29, 1.82) is 0 Å². The number of carbonyl (C=O) groups is 1. The number of nitrogens with one attached hydrogen (secondary N) is 2. The number of methoxy groups -OCH3 is 1.